The van der Waals surface area contributed by atoms with Gasteiger partial charge in [0.15, 0.2) is 0 Å². The van der Waals surface area contributed by atoms with E-state index in [4.69, 9.17) is 0 Å². The van der Waals surface area contributed by atoms with E-state index in [2.05, 4.69) is 37.3 Å². The zero-order valence-electron chi connectivity index (χ0n) is 15.2. The predicted molar refractivity (Wildman–Crippen MR) is 101 cm³/mol. The molecule has 1 aromatic rings. The molecule has 0 bridgehead atoms. The van der Waals surface area contributed by atoms with Crippen molar-refractivity contribution in [1.82, 2.24) is 0 Å². The minimum atomic E-state index is 0.845. The van der Waals surface area contributed by atoms with Crippen LogP contribution in [0.1, 0.15) is 95.5 Å². The summed E-state index contributed by atoms with van der Waals surface area (Å²) in [6.45, 7) is 2.32. The van der Waals surface area contributed by atoms with E-state index < -0.39 is 0 Å². The van der Waals surface area contributed by atoms with Gasteiger partial charge in [-0.15, -0.1) is 0 Å². The largest absolute Gasteiger partial charge is 0.0654 e. The van der Waals surface area contributed by atoms with Crippen LogP contribution >= 0.6 is 0 Å². The van der Waals surface area contributed by atoms with Gasteiger partial charge in [-0.25, -0.2) is 0 Å². The summed E-state index contributed by atoms with van der Waals surface area (Å²) in [4.78, 5) is 0. The molecule has 0 heteroatoms. The van der Waals surface area contributed by atoms with E-state index in [0.29, 0.717) is 0 Å². The molecule has 1 aromatic carbocycles. The number of rotatable bonds is 6. The van der Waals surface area contributed by atoms with Crippen LogP contribution in [0.2, 0.25) is 0 Å². The first-order chi connectivity index (χ1) is 11.4. The molecule has 0 nitrogen and oxygen atoms in total. The van der Waals surface area contributed by atoms with Gasteiger partial charge in [-0.2, -0.15) is 0 Å². The molecule has 2 fully saturated rings. The van der Waals surface area contributed by atoms with Crippen molar-refractivity contribution in [2.45, 2.75) is 89.9 Å². The molecule has 0 aliphatic heterocycles. The third kappa shape index (κ3) is 4.85. The fraction of sp³-hybridized carbons (Fsp3) is 0.739. The molecule has 0 amide bonds. The van der Waals surface area contributed by atoms with Crippen LogP contribution in [0.5, 0.6) is 0 Å². The van der Waals surface area contributed by atoms with E-state index in [0.717, 1.165) is 23.7 Å². The van der Waals surface area contributed by atoms with Crippen molar-refractivity contribution < 1.29 is 0 Å². The molecule has 0 saturated heterocycles. The van der Waals surface area contributed by atoms with Crippen LogP contribution in [-0.4, -0.2) is 0 Å². The molecule has 0 radical (unpaired) electrons. The minimum Gasteiger partial charge on any atom is -0.0654 e. The van der Waals surface area contributed by atoms with Crippen molar-refractivity contribution in [2.24, 2.45) is 17.8 Å². The van der Waals surface area contributed by atoms with Crippen molar-refractivity contribution in [3.8, 4) is 0 Å². The van der Waals surface area contributed by atoms with Crippen LogP contribution in [0.15, 0.2) is 30.3 Å². The van der Waals surface area contributed by atoms with Gasteiger partial charge >= 0.3 is 0 Å². The third-order valence-corrected chi connectivity index (χ3v) is 6.82. The first kappa shape index (κ1) is 17.1. The van der Waals surface area contributed by atoms with Gasteiger partial charge in [-0.3, -0.25) is 0 Å². The van der Waals surface area contributed by atoms with Gasteiger partial charge in [-0.05, 0) is 67.8 Å². The van der Waals surface area contributed by atoms with E-state index in [-0.39, 0.29) is 0 Å². The molecular formula is C23H36. The molecule has 0 heterocycles. The Labute approximate surface area is 144 Å². The molecule has 0 atom stereocenters. The lowest BCUT2D eigenvalue weighted by molar-refractivity contribution is 0.155. The number of hydrogen-bond acceptors (Lipinski definition) is 0. The zero-order valence-corrected chi connectivity index (χ0v) is 15.2. The number of hydrogen-bond donors (Lipinski definition) is 0. The Balaban J connectivity index is 1.39. The maximum atomic E-state index is 2.34. The molecule has 0 spiro atoms. The smallest absolute Gasteiger partial charge is 0.0162 e. The maximum Gasteiger partial charge on any atom is -0.0162 e. The number of unbranched alkanes of at least 4 members (excludes halogenated alkanes) is 2. The Bertz CT molecular complexity index is 419. The molecule has 0 aromatic heterocycles. The fourth-order valence-corrected chi connectivity index (χ4v) is 5.28. The standard InChI is InChI=1S/C23H36/c1-2-3-5-8-19-11-13-21(14-12-19)23-17-15-22(16-18-23)20-9-6-4-7-10-20/h4,6-7,9-10,19,21-23H,2-3,5,8,11-18H2,1H3. The zero-order chi connectivity index (χ0) is 15.9. The van der Waals surface area contributed by atoms with Gasteiger partial charge in [0.25, 0.3) is 0 Å². The van der Waals surface area contributed by atoms with Gasteiger partial charge in [0.1, 0.15) is 0 Å². The van der Waals surface area contributed by atoms with E-state index in [9.17, 15) is 0 Å². The normalized spacial score (nSPS) is 31.9. The fourth-order valence-electron chi connectivity index (χ4n) is 5.28. The average molecular weight is 313 g/mol. The lowest BCUT2D eigenvalue weighted by atomic mass is 9.68. The minimum absolute atomic E-state index is 0.845. The van der Waals surface area contributed by atoms with Crippen LogP contribution in [0.25, 0.3) is 0 Å². The van der Waals surface area contributed by atoms with Crippen molar-refractivity contribution in [2.75, 3.05) is 0 Å². The highest BCUT2D eigenvalue weighted by molar-refractivity contribution is 5.19. The Morgan fingerprint density at radius 1 is 0.739 bits per heavy atom. The SMILES string of the molecule is CCCCCC1CCC(C2CCC(c3ccccc3)CC2)CC1. The Kier molecular flexibility index (Phi) is 6.60. The molecule has 0 N–H and O–H groups in total. The summed E-state index contributed by atoms with van der Waals surface area (Å²) < 4.78 is 0. The van der Waals surface area contributed by atoms with Crippen LogP contribution in [0.3, 0.4) is 0 Å². The Morgan fingerprint density at radius 3 is 1.96 bits per heavy atom. The topological polar surface area (TPSA) is 0 Å². The van der Waals surface area contributed by atoms with Gasteiger partial charge in [0, 0.05) is 0 Å². The molecular weight excluding hydrogens is 276 g/mol. The molecule has 2 aliphatic rings. The molecule has 128 valence electrons. The second-order valence-corrected chi connectivity index (χ2v) is 8.30. The van der Waals surface area contributed by atoms with Crippen LogP contribution in [0.4, 0.5) is 0 Å². The molecule has 2 saturated carbocycles. The summed E-state index contributed by atoms with van der Waals surface area (Å²) in [6, 6.07) is 11.2. The van der Waals surface area contributed by atoms with Gasteiger partial charge in [0.05, 0.1) is 0 Å². The predicted octanol–water partition coefficient (Wildman–Crippen LogP) is 7.35. The highest BCUT2D eigenvalue weighted by Gasteiger charge is 2.30. The molecule has 23 heavy (non-hydrogen) atoms. The summed E-state index contributed by atoms with van der Waals surface area (Å²) >= 11 is 0. The second kappa shape index (κ2) is 8.90. The third-order valence-electron chi connectivity index (χ3n) is 6.82. The summed E-state index contributed by atoms with van der Waals surface area (Å²) in [7, 11) is 0. The first-order valence-electron chi connectivity index (χ1n) is 10.4. The van der Waals surface area contributed by atoms with Gasteiger partial charge in [0.2, 0.25) is 0 Å². The summed E-state index contributed by atoms with van der Waals surface area (Å²) in [6.07, 6.45) is 17.8. The molecule has 0 unspecified atom stereocenters. The van der Waals surface area contributed by atoms with Crippen molar-refractivity contribution in [3.63, 3.8) is 0 Å². The summed E-state index contributed by atoms with van der Waals surface area (Å²) in [5.74, 6) is 4.02. The molecule has 2 aliphatic carbocycles. The van der Waals surface area contributed by atoms with E-state index in [1.807, 2.05) is 0 Å². The van der Waals surface area contributed by atoms with Crippen LogP contribution < -0.4 is 0 Å². The summed E-state index contributed by atoms with van der Waals surface area (Å²) in [5.41, 5.74) is 1.59. The lowest BCUT2D eigenvalue weighted by Gasteiger charge is -2.38. The molecule has 3 rings (SSSR count). The quantitative estimate of drug-likeness (QED) is 0.482. The monoisotopic (exact) mass is 312 g/mol. The van der Waals surface area contributed by atoms with Crippen LogP contribution in [-0.2, 0) is 0 Å². The average Bonchev–Trinajstić information content (AvgIpc) is 2.63. The van der Waals surface area contributed by atoms with Gasteiger partial charge in [-0.1, -0.05) is 75.8 Å². The Hall–Kier alpha value is -0.780. The maximum absolute atomic E-state index is 2.34. The van der Waals surface area contributed by atoms with Crippen LogP contribution in [0, 0.1) is 17.8 Å². The summed E-state index contributed by atoms with van der Waals surface area (Å²) in [5, 5.41) is 0. The van der Waals surface area contributed by atoms with Crippen molar-refractivity contribution in [3.05, 3.63) is 35.9 Å². The van der Waals surface area contributed by atoms with E-state index in [1.54, 1.807) is 5.56 Å². The van der Waals surface area contributed by atoms with Gasteiger partial charge < -0.3 is 0 Å². The highest BCUT2D eigenvalue weighted by Crippen LogP contribution is 2.44. The van der Waals surface area contributed by atoms with E-state index in [1.165, 1.54) is 77.0 Å². The highest BCUT2D eigenvalue weighted by atomic mass is 14.4. The van der Waals surface area contributed by atoms with E-state index >= 15 is 0 Å². The van der Waals surface area contributed by atoms with Crippen molar-refractivity contribution >= 4 is 0 Å². The van der Waals surface area contributed by atoms with Crippen molar-refractivity contribution in [1.29, 1.82) is 0 Å². The lowest BCUT2D eigenvalue weighted by Crippen LogP contribution is -2.25. The Morgan fingerprint density at radius 2 is 1.35 bits per heavy atom. The first-order valence-corrected chi connectivity index (χ1v) is 10.4. The second-order valence-electron chi connectivity index (χ2n) is 8.30. The number of benzene rings is 1.